The monoisotopic (exact) mass is 399 g/mol. The van der Waals surface area contributed by atoms with Crippen LogP contribution in [0.25, 0.3) is 17.2 Å². The van der Waals surface area contributed by atoms with Crippen LogP contribution < -0.4 is 10.2 Å². The Kier molecular flexibility index (Phi) is 4.53. The molecular weight excluding hydrogens is 383 g/mol. The third-order valence-corrected chi connectivity index (χ3v) is 4.14. The van der Waals surface area contributed by atoms with Crippen molar-refractivity contribution in [1.29, 1.82) is 0 Å². The molecule has 0 bridgehead atoms. The Hall–Kier alpha value is -3.69. The van der Waals surface area contributed by atoms with Crippen molar-refractivity contribution in [3.05, 3.63) is 60.7 Å². The van der Waals surface area contributed by atoms with E-state index >= 15 is 0 Å². The van der Waals surface area contributed by atoms with Crippen LogP contribution in [0.15, 0.2) is 55.0 Å². The standard InChI is InChI=1S/C19H16F3N7/c1-28(2)14-7-6-12(11-24-14)25-13-8-9-23-18(26-13)16-17(19(20,21)22)27-15-5-3-4-10-29(15)16/h3-11H,1-2H3,(H,23,25,26). The molecule has 0 fully saturated rings. The number of rotatable bonds is 4. The molecule has 148 valence electrons. The van der Waals surface area contributed by atoms with E-state index in [4.69, 9.17) is 0 Å². The summed E-state index contributed by atoms with van der Waals surface area (Å²) in [4.78, 5) is 18.2. The van der Waals surface area contributed by atoms with Crippen molar-refractivity contribution in [1.82, 2.24) is 24.3 Å². The van der Waals surface area contributed by atoms with Crippen molar-refractivity contribution in [3.8, 4) is 11.5 Å². The quantitative estimate of drug-likeness (QED) is 0.559. The van der Waals surface area contributed by atoms with E-state index in [2.05, 4.69) is 25.3 Å². The van der Waals surface area contributed by atoms with Crippen molar-refractivity contribution in [2.75, 3.05) is 24.3 Å². The fourth-order valence-corrected chi connectivity index (χ4v) is 2.82. The van der Waals surface area contributed by atoms with Gasteiger partial charge in [0.2, 0.25) is 0 Å². The predicted molar refractivity (Wildman–Crippen MR) is 103 cm³/mol. The maximum atomic E-state index is 13.6. The number of aromatic nitrogens is 5. The number of nitrogens with zero attached hydrogens (tertiary/aromatic N) is 6. The Morgan fingerprint density at radius 1 is 1.00 bits per heavy atom. The first-order valence-electron chi connectivity index (χ1n) is 8.61. The van der Waals surface area contributed by atoms with Gasteiger partial charge in [0.05, 0.1) is 11.9 Å². The van der Waals surface area contributed by atoms with E-state index in [-0.39, 0.29) is 17.2 Å². The minimum atomic E-state index is -4.64. The number of pyridine rings is 2. The molecule has 29 heavy (non-hydrogen) atoms. The molecule has 0 spiro atoms. The second-order valence-electron chi connectivity index (χ2n) is 6.43. The van der Waals surface area contributed by atoms with Crippen molar-refractivity contribution in [3.63, 3.8) is 0 Å². The van der Waals surface area contributed by atoms with Gasteiger partial charge in [-0.1, -0.05) is 6.07 Å². The SMILES string of the molecule is CN(C)c1ccc(Nc2ccnc(-c3c(C(F)(F)F)nc4ccccn34)n2)cn1. The summed E-state index contributed by atoms with van der Waals surface area (Å²) in [6, 6.07) is 9.93. The zero-order valence-corrected chi connectivity index (χ0v) is 15.5. The molecule has 10 heteroatoms. The molecule has 0 unspecified atom stereocenters. The Balaban J connectivity index is 1.74. The molecule has 4 aromatic heterocycles. The molecule has 0 aliphatic rings. The van der Waals surface area contributed by atoms with Gasteiger partial charge in [0.25, 0.3) is 0 Å². The fourth-order valence-electron chi connectivity index (χ4n) is 2.82. The summed E-state index contributed by atoms with van der Waals surface area (Å²) in [6.07, 6.45) is -0.123. The van der Waals surface area contributed by atoms with Crippen LogP contribution in [-0.4, -0.2) is 38.4 Å². The summed E-state index contributed by atoms with van der Waals surface area (Å²) in [7, 11) is 3.75. The first-order valence-corrected chi connectivity index (χ1v) is 8.61. The first-order chi connectivity index (χ1) is 13.8. The molecule has 4 rings (SSSR count). The number of alkyl halides is 3. The highest BCUT2D eigenvalue weighted by atomic mass is 19.4. The number of hydrogen-bond donors (Lipinski definition) is 1. The number of anilines is 3. The van der Waals surface area contributed by atoms with Gasteiger partial charge in [-0.25, -0.2) is 19.9 Å². The minimum Gasteiger partial charge on any atom is -0.363 e. The minimum absolute atomic E-state index is 0.0844. The Bertz CT molecular complexity index is 1150. The Labute approximate surface area is 163 Å². The molecule has 0 aromatic carbocycles. The molecule has 0 aliphatic carbocycles. The van der Waals surface area contributed by atoms with Gasteiger partial charge in [-0.2, -0.15) is 13.2 Å². The van der Waals surface area contributed by atoms with E-state index in [1.54, 1.807) is 30.5 Å². The molecule has 4 aromatic rings. The van der Waals surface area contributed by atoms with E-state index in [0.717, 1.165) is 5.82 Å². The van der Waals surface area contributed by atoms with Gasteiger partial charge in [-0.05, 0) is 30.3 Å². The van der Waals surface area contributed by atoms with E-state index in [0.29, 0.717) is 11.5 Å². The Morgan fingerprint density at radius 3 is 2.52 bits per heavy atom. The van der Waals surface area contributed by atoms with Gasteiger partial charge in [0, 0.05) is 26.5 Å². The van der Waals surface area contributed by atoms with Gasteiger partial charge < -0.3 is 10.2 Å². The molecule has 0 amide bonds. The van der Waals surface area contributed by atoms with E-state index in [1.807, 2.05) is 25.1 Å². The highest BCUT2D eigenvalue weighted by Crippen LogP contribution is 2.36. The predicted octanol–water partition coefficient (Wildman–Crippen LogP) is 4.01. The molecule has 0 radical (unpaired) electrons. The number of hydrogen-bond acceptors (Lipinski definition) is 6. The van der Waals surface area contributed by atoms with Crippen molar-refractivity contribution in [2.24, 2.45) is 0 Å². The average molecular weight is 399 g/mol. The number of halogens is 3. The molecule has 1 N–H and O–H groups in total. The molecule has 7 nitrogen and oxygen atoms in total. The lowest BCUT2D eigenvalue weighted by Gasteiger charge is -2.12. The number of imidazole rings is 1. The number of fused-ring (bicyclic) bond motifs is 1. The normalized spacial score (nSPS) is 11.6. The summed E-state index contributed by atoms with van der Waals surface area (Å²) in [6.45, 7) is 0. The van der Waals surface area contributed by atoms with E-state index in [1.165, 1.54) is 22.9 Å². The van der Waals surface area contributed by atoms with Crippen molar-refractivity contribution in [2.45, 2.75) is 6.18 Å². The topological polar surface area (TPSA) is 71.2 Å². The summed E-state index contributed by atoms with van der Waals surface area (Å²) < 4.78 is 42.0. The van der Waals surface area contributed by atoms with E-state index < -0.39 is 11.9 Å². The number of nitrogens with one attached hydrogen (secondary N) is 1. The van der Waals surface area contributed by atoms with Crippen molar-refractivity contribution < 1.29 is 13.2 Å². The van der Waals surface area contributed by atoms with Crippen LogP contribution in [0.5, 0.6) is 0 Å². The largest absolute Gasteiger partial charge is 0.435 e. The molecular formula is C19H16F3N7. The fraction of sp³-hybridized carbons (Fsp3) is 0.158. The zero-order valence-electron chi connectivity index (χ0n) is 15.5. The van der Waals surface area contributed by atoms with Crippen LogP contribution in [0.4, 0.5) is 30.5 Å². The lowest BCUT2D eigenvalue weighted by atomic mass is 10.3. The van der Waals surface area contributed by atoms with Gasteiger partial charge in [-0.15, -0.1) is 0 Å². The summed E-state index contributed by atoms with van der Waals surface area (Å²) in [5.41, 5.74) is -0.426. The summed E-state index contributed by atoms with van der Waals surface area (Å²) in [5, 5.41) is 3.04. The van der Waals surface area contributed by atoms with Gasteiger partial charge in [-0.3, -0.25) is 4.40 Å². The lowest BCUT2D eigenvalue weighted by Crippen LogP contribution is -2.10. The molecule has 0 atom stereocenters. The summed E-state index contributed by atoms with van der Waals surface area (Å²) >= 11 is 0. The second kappa shape index (κ2) is 7.04. The highest BCUT2D eigenvalue weighted by molar-refractivity contribution is 5.65. The van der Waals surface area contributed by atoms with Crippen LogP contribution >= 0.6 is 0 Å². The lowest BCUT2D eigenvalue weighted by molar-refractivity contribution is -0.140. The summed E-state index contributed by atoms with van der Waals surface area (Å²) in [5.74, 6) is 1.03. The molecule has 4 heterocycles. The Morgan fingerprint density at radius 2 is 1.83 bits per heavy atom. The van der Waals surface area contributed by atoms with Crippen molar-refractivity contribution >= 4 is 23.0 Å². The van der Waals surface area contributed by atoms with Gasteiger partial charge in [0.1, 0.15) is 23.0 Å². The van der Waals surface area contributed by atoms with Crippen LogP contribution in [-0.2, 0) is 6.18 Å². The highest BCUT2D eigenvalue weighted by Gasteiger charge is 2.39. The van der Waals surface area contributed by atoms with Crippen LogP contribution in [0.1, 0.15) is 5.69 Å². The van der Waals surface area contributed by atoms with Crippen LogP contribution in [0, 0.1) is 0 Å². The second-order valence-corrected chi connectivity index (χ2v) is 6.43. The molecule has 0 aliphatic heterocycles. The van der Waals surface area contributed by atoms with Crippen LogP contribution in [0.2, 0.25) is 0 Å². The third kappa shape index (κ3) is 3.68. The maximum absolute atomic E-state index is 13.6. The third-order valence-electron chi connectivity index (χ3n) is 4.14. The molecule has 0 saturated heterocycles. The van der Waals surface area contributed by atoms with Crippen LogP contribution in [0.3, 0.4) is 0 Å². The molecule has 0 saturated carbocycles. The maximum Gasteiger partial charge on any atom is 0.435 e. The smallest absolute Gasteiger partial charge is 0.363 e. The van der Waals surface area contributed by atoms with Gasteiger partial charge in [0.15, 0.2) is 11.5 Å². The van der Waals surface area contributed by atoms with E-state index in [9.17, 15) is 13.2 Å². The van der Waals surface area contributed by atoms with Gasteiger partial charge >= 0.3 is 6.18 Å². The zero-order chi connectivity index (χ0) is 20.6. The first kappa shape index (κ1) is 18.7. The average Bonchev–Trinajstić information content (AvgIpc) is 3.09.